The Morgan fingerprint density at radius 2 is 2.06 bits per heavy atom. The Hall–Kier alpha value is -3.08. The highest BCUT2D eigenvalue weighted by atomic mass is 35.5. The number of carbonyl (C=O) groups excluding carboxylic acids is 1. The van der Waals surface area contributed by atoms with Crippen LogP contribution in [0.3, 0.4) is 0 Å². The van der Waals surface area contributed by atoms with Crippen molar-refractivity contribution >= 4 is 28.4 Å². The fourth-order valence-corrected chi connectivity index (χ4v) is 4.07. The predicted octanol–water partition coefficient (Wildman–Crippen LogP) is 3.34. The number of nitrogens with zero attached hydrogens (tertiary/aromatic N) is 1. The predicted molar refractivity (Wildman–Crippen MR) is 125 cm³/mol. The van der Waals surface area contributed by atoms with Gasteiger partial charge in [-0.1, -0.05) is 17.7 Å². The number of amides is 1. The van der Waals surface area contributed by atoms with Crippen LogP contribution in [0.15, 0.2) is 35.1 Å². The summed E-state index contributed by atoms with van der Waals surface area (Å²) in [5.41, 5.74) is -0.0709. The van der Waals surface area contributed by atoms with E-state index >= 15 is 0 Å². The Bertz CT molecular complexity index is 1280. The molecule has 1 aliphatic heterocycles. The van der Waals surface area contributed by atoms with Crippen molar-refractivity contribution in [3.8, 4) is 5.75 Å². The van der Waals surface area contributed by atoms with Gasteiger partial charge in [-0.3, -0.25) is 9.59 Å². The van der Waals surface area contributed by atoms with E-state index in [1.807, 2.05) is 0 Å². The summed E-state index contributed by atoms with van der Waals surface area (Å²) >= 11 is 5.75. The number of H-pyrrole nitrogens is 1. The molecule has 0 spiro atoms. The number of fused-ring (bicyclic) bond motifs is 1. The maximum atomic E-state index is 14.5. The number of hydrogen-bond donors (Lipinski definition) is 3. The first kappa shape index (κ1) is 25.0. The van der Waals surface area contributed by atoms with Gasteiger partial charge in [-0.25, -0.2) is 13.8 Å². The Labute approximate surface area is 204 Å². The van der Waals surface area contributed by atoms with Crippen molar-refractivity contribution in [3.05, 3.63) is 68.7 Å². The van der Waals surface area contributed by atoms with E-state index in [1.165, 1.54) is 24.3 Å². The molecule has 1 fully saturated rings. The van der Waals surface area contributed by atoms with Gasteiger partial charge < -0.3 is 24.9 Å². The maximum absolute atomic E-state index is 14.5. The number of ether oxygens (including phenoxy) is 2. The van der Waals surface area contributed by atoms with Gasteiger partial charge in [0.15, 0.2) is 17.4 Å². The molecule has 8 nitrogen and oxygen atoms in total. The van der Waals surface area contributed by atoms with Crippen molar-refractivity contribution in [3.63, 3.8) is 0 Å². The molecule has 0 aliphatic carbocycles. The third kappa shape index (κ3) is 5.95. The van der Waals surface area contributed by atoms with Crippen LogP contribution in [0, 0.1) is 17.6 Å². The third-order valence-electron chi connectivity index (χ3n) is 5.84. The first-order chi connectivity index (χ1) is 16.9. The average molecular weight is 508 g/mol. The first-order valence-corrected chi connectivity index (χ1v) is 11.5. The van der Waals surface area contributed by atoms with Crippen molar-refractivity contribution in [2.75, 3.05) is 19.8 Å². The van der Waals surface area contributed by atoms with Crippen LogP contribution in [0.5, 0.6) is 5.75 Å². The second-order valence-corrected chi connectivity index (χ2v) is 8.74. The van der Waals surface area contributed by atoms with E-state index < -0.39 is 23.1 Å². The number of benzene rings is 2. The zero-order valence-corrected chi connectivity index (χ0v) is 19.4. The molecule has 35 heavy (non-hydrogen) atoms. The number of rotatable bonds is 8. The molecule has 4 rings (SSSR count). The van der Waals surface area contributed by atoms with Crippen LogP contribution >= 0.6 is 11.6 Å². The number of aliphatic hydroxyl groups is 1. The molecule has 2 heterocycles. The number of aromatic amines is 1. The summed E-state index contributed by atoms with van der Waals surface area (Å²) in [6.07, 6.45) is 2.02. The van der Waals surface area contributed by atoms with E-state index in [1.54, 1.807) is 0 Å². The topological polar surface area (TPSA) is 114 Å². The van der Waals surface area contributed by atoms with E-state index in [0.29, 0.717) is 18.6 Å². The summed E-state index contributed by atoms with van der Waals surface area (Å²) in [5.74, 6) is -2.34. The van der Waals surface area contributed by atoms with Crippen molar-refractivity contribution in [1.29, 1.82) is 0 Å². The Balaban J connectivity index is 1.45. The second kappa shape index (κ2) is 11.1. The average Bonchev–Trinajstić information content (AvgIpc) is 2.86. The summed E-state index contributed by atoms with van der Waals surface area (Å²) < 4.78 is 39.1. The molecule has 3 N–H and O–H groups in total. The second-order valence-electron chi connectivity index (χ2n) is 8.33. The monoisotopic (exact) mass is 507 g/mol. The molecule has 186 valence electrons. The van der Waals surface area contributed by atoms with Gasteiger partial charge in [0, 0.05) is 25.5 Å². The van der Waals surface area contributed by atoms with Gasteiger partial charge in [-0.05, 0) is 42.7 Å². The third-order valence-corrected chi connectivity index (χ3v) is 6.13. The van der Waals surface area contributed by atoms with Crippen molar-refractivity contribution < 1.29 is 28.2 Å². The molecule has 2 atom stereocenters. The molecule has 1 aliphatic rings. The number of aromatic nitrogens is 2. The van der Waals surface area contributed by atoms with Crippen molar-refractivity contribution in [2.24, 2.45) is 5.92 Å². The summed E-state index contributed by atoms with van der Waals surface area (Å²) in [7, 11) is 0. The van der Waals surface area contributed by atoms with E-state index in [0.717, 1.165) is 18.9 Å². The van der Waals surface area contributed by atoms with E-state index in [2.05, 4.69) is 15.3 Å². The van der Waals surface area contributed by atoms with Crippen LogP contribution in [-0.2, 0) is 11.3 Å². The summed E-state index contributed by atoms with van der Waals surface area (Å²) in [4.78, 5) is 31.8. The van der Waals surface area contributed by atoms with Gasteiger partial charge >= 0.3 is 0 Å². The fourth-order valence-electron chi connectivity index (χ4n) is 3.87. The van der Waals surface area contributed by atoms with Crippen LogP contribution in [0.2, 0.25) is 5.02 Å². The zero-order chi connectivity index (χ0) is 24.9. The smallest absolute Gasteiger partial charge is 0.287 e. The van der Waals surface area contributed by atoms with E-state index in [9.17, 15) is 23.5 Å². The number of halogens is 3. The Morgan fingerprint density at radius 1 is 1.26 bits per heavy atom. The molecular weight excluding hydrogens is 484 g/mol. The highest BCUT2D eigenvalue weighted by Gasteiger charge is 2.22. The molecule has 3 aromatic rings. The number of aliphatic hydroxyl groups excluding tert-OH is 1. The minimum Gasteiger partial charge on any atom is -0.489 e. The van der Waals surface area contributed by atoms with E-state index in [-0.39, 0.29) is 59.3 Å². The lowest BCUT2D eigenvalue weighted by molar-refractivity contribution is -0.0378. The largest absolute Gasteiger partial charge is 0.489 e. The molecule has 0 saturated carbocycles. The highest BCUT2D eigenvalue weighted by Crippen LogP contribution is 2.26. The van der Waals surface area contributed by atoms with Crippen LogP contribution in [0.25, 0.3) is 10.9 Å². The Morgan fingerprint density at radius 3 is 2.77 bits per heavy atom. The van der Waals surface area contributed by atoms with Gasteiger partial charge in [0.2, 0.25) is 0 Å². The van der Waals surface area contributed by atoms with Gasteiger partial charge in [0.25, 0.3) is 11.5 Å². The van der Waals surface area contributed by atoms with Crippen LogP contribution in [-0.4, -0.2) is 46.9 Å². The molecular formula is C24H24ClF2N3O5. The SMILES string of the molecule is O=C(NCc1ccc(F)c(Cl)c1)c1nc2ccc(F)c(OCCC3CCC(CO)CO3)c2c(=O)[nH]1. The molecule has 1 amide bonds. The molecule has 11 heteroatoms. The fraction of sp³-hybridized carbons (Fsp3) is 0.375. The number of carbonyl (C=O) groups is 1. The summed E-state index contributed by atoms with van der Waals surface area (Å²) in [6.45, 7) is 0.695. The molecule has 2 unspecified atom stereocenters. The summed E-state index contributed by atoms with van der Waals surface area (Å²) in [6, 6.07) is 6.44. The van der Waals surface area contributed by atoms with Gasteiger partial charge in [0.1, 0.15) is 11.2 Å². The standard InChI is InChI=1S/C24H24ClF2N3O5/c25-16-9-13(2-4-17(16)26)10-28-24(33)22-29-19-6-5-18(27)21(20(19)23(32)30-22)34-8-7-15-3-1-14(11-31)12-35-15/h2,4-6,9,14-15,31H,1,3,7-8,10-12H2,(H,28,33)(H,29,30,32). The normalized spacial score (nSPS) is 17.9. The van der Waals surface area contributed by atoms with Crippen LogP contribution in [0.4, 0.5) is 8.78 Å². The molecule has 1 saturated heterocycles. The lowest BCUT2D eigenvalue weighted by Crippen LogP contribution is -2.29. The highest BCUT2D eigenvalue weighted by molar-refractivity contribution is 6.30. The lowest BCUT2D eigenvalue weighted by atomic mass is 9.98. The van der Waals surface area contributed by atoms with Gasteiger partial charge in [-0.2, -0.15) is 0 Å². The molecule has 1 aromatic heterocycles. The molecule has 2 aromatic carbocycles. The summed E-state index contributed by atoms with van der Waals surface area (Å²) in [5, 5.41) is 11.6. The minimum atomic E-state index is -0.723. The quantitative estimate of drug-likeness (QED) is 0.431. The number of nitrogens with one attached hydrogen (secondary N) is 2. The molecule has 0 bridgehead atoms. The maximum Gasteiger partial charge on any atom is 0.287 e. The number of hydrogen-bond acceptors (Lipinski definition) is 6. The zero-order valence-electron chi connectivity index (χ0n) is 18.7. The van der Waals surface area contributed by atoms with E-state index in [4.69, 9.17) is 21.1 Å². The molecule has 0 radical (unpaired) electrons. The Kier molecular flexibility index (Phi) is 7.94. The van der Waals surface area contributed by atoms with Crippen LogP contribution in [0.1, 0.15) is 35.4 Å². The lowest BCUT2D eigenvalue weighted by Gasteiger charge is -2.27. The van der Waals surface area contributed by atoms with Crippen LogP contribution < -0.4 is 15.6 Å². The van der Waals surface area contributed by atoms with Gasteiger partial charge in [-0.15, -0.1) is 0 Å². The minimum absolute atomic E-state index is 0.0284. The van der Waals surface area contributed by atoms with Crippen molar-refractivity contribution in [2.45, 2.75) is 31.9 Å². The first-order valence-electron chi connectivity index (χ1n) is 11.2. The van der Waals surface area contributed by atoms with Crippen molar-refractivity contribution in [1.82, 2.24) is 15.3 Å². The van der Waals surface area contributed by atoms with Gasteiger partial charge in [0.05, 0.1) is 29.9 Å².